The number of urea groups is 1. The minimum absolute atomic E-state index is 0.124. The fourth-order valence-electron chi connectivity index (χ4n) is 2.87. The van der Waals surface area contributed by atoms with Gasteiger partial charge in [0.1, 0.15) is 12.2 Å². The maximum absolute atomic E-state index is 12.3. The first-order valence-electron chi connectivity index (χ1n) is 9.54. The lowest BCUT2D eigenvalue weighted by Gasteiger charge is -2.10. The Morgan fingerprint density at radius 3 is 2.73 bits per heavy atom. The molecule has 12 heteroatoms. The number of oxime groups is 1. The number of pyridine rings is 1. The molecule has 0 saturated carbocycles. The number of fused-ring (bicyclic) bond motifs is 1. The van der Waals surface area contributed by atoms with E-state index in [0.29, 0.717) is 16.9 Å². The molecule has 1 aromatic carbocycles. The van der Waals surface area contributed by atoms with Crippen LogP contribution in [0.15, 0.2) is 72.4 Å². The Hall–Kier alpha value is -4.48. The van der Waals surface area contributed by atoms with Crippen molar-refractivity contribution in [1.82, 2.24) is 24.7 Å². The number of benzene rings is 1. The lowest BCUT2D eigenvalue weighted by Crippen LogP contribution is -2.36. The number of amides is 2. The molecule has 3 aromatic heterocycles. The molecule has 9 nitrogen and oxygen atoms in total. The lowest BCUT2D eigenvalue weighted by molar-refractivity contribution is -0.122. The number of hydrogen-bond donors (Lipinski definition) is 2. The van der Waals surface area contributed by atoms with Crippen molar-refractivity contribution in [1.29, 1.82) is 0 Å². The number of nitrogens with one attached hydrogen (secondary N) is 2. The summed E-state index contributed by atoms with van der Waals surface area (Å²) in [7, 11) is 0. The summed E-state index contributed by atoms with van der Waals surface area (Å²) in [5.74, 6) is 0. The van der Waals surface area contributed by atoms with E-state index in [1.165, 1.54) is 18.6 Å². The number of nitrogens with zero attached hydrogens (tertiary/aromatic N) is 5. The molecule has 4 aromatic rings. The number of aromatic nitrogens is 4. The maximum atomic E-state index is 12.3. The number of halogens is 3. The monoisotopic (exact) mass is 455 g/mol. The van der Waals surface area contributed by atoms with E-state index in [1.54, 1.807) is 60.2 Å². The first-order valence-corrected chi connectivity index (χ1v) is 9.54. The number of hydrogen-bond acceptors (Lipinski definition) is 6. The normalized spacial score (nSPS) is 11.6. The minimum Gasteiger partial charge on any atom is -0.329 e. The van der Waals surface area contributed by atoms with Crippen LogP contribution in [0, 0.1) is 0 Å². The van der Waals surface area contributed by atoms with Crippen LogP contribution in [-0.4, -0.2) is 44.3 Å². The Balaban J connectivity index is 1.47. The average molecular weight is 455 g/mol. The van der Waals surface area contributed by atoms with Gasteiger partial charge in [0.2, 0.25) is 0 Å². The second-order valence-electron chi connectivity index (χ2n) is 6.69. The second kappa shape index (κ2) is 9.34. The zero-order chi connectivity index (χ0) is 23.3. The molecule has 0 fully saturated rings. The van der Waals surface area contributed by atoms with E-state index in [9.17, 15) is 18.0 Å². The summed E-state index contributed by atoms with van der Waals surface area (Å²) >= 11 is 0. The predicted octanol–water partition coefficient (Wildman–Crippen LogP) is 3.89. The van der Waals surface area contributed by atoms with E-state index in [4.69, 9.17) is 4.84 Å². The van der Waals surface area contributed by atoms with Gasteiger partial charge in [0.15, 0.2) is 0 Å². The quantitative estimate of drug-likeness (QED) is 0.339. The lowest BCUT2D eigenvalue weighted by atomic mass is 10.1. The van der Waals surface area contributed by atoms with Crippen molar-refractivity contribution in [2.75, 3.05) is 11.9 Å². The van der Waals surface area contributed by atoms with Crippen molar-refractivity contribution in [2.24, 2.45) is 5.16 Å². The molecular formula is C21H16F3N7O2. The van der Waals surface area contributed by atoms with Crippen LogP contribution in [0.4, 0.5) is 23.7 Å². The highest BCUT2D eigenvalue weighted by Crippen LogP contribution is 2.24. The van der Waals surface area contributed by atoms with Gasteiger partial charge in [-0.3, -0.25) is 4.40 Å². The van der Waals surface area contributed by atoms with Gasteiger partial charge in [-0.25, -0.2) is 19.7 Å². The molecule has 0 atom stereocenters. The van der Waals surface area contributed by atoms with Crippen LogP contribution >= 0.6 is 0 Å². The van der Waals surface area contributed by atoms with Crippen molar-refractivity contribution < 1.29 is 22.8 Å². The summed E-state index contributed by atoms with van der Waals surface area (Å²) in [6.45, 7) is -1.42. The van der Waals surface area contributed by atoms with Crippen LogP contribution < -0.4 is 15.5 Å². The third-order valence-electron chi connectivity index (χ3n) is 4.28. The van der Waals surface area contributed by atoms with Gasteiger partial charge in [-0.05, 0) is 30.3 Å². The first-order chi connectivity index (χ1) is 15.9. The van der Waals surface area contributed by atoms with Crippen LogP contribution in [0.5, 0.6) is 6.01 Å². The SMILES string of the molecule is O=C(NCC(F)(F)F)Nc1cccc(-c2cnc3cc(C=NOc4ncccn4)ccn23)c1. The van der Waals surface area contributed by atoms with Gasteiger partial charge in [-0.1, -0.05) is 17.3 Å². The largest absolute Gasteiger partial charge is 0.405 e. The second-order valence-corrected chi connectivity index (χ2v) is 6.69. The third-order valence-corrected chi connectivity index (χ3v) is 4.28. The molecular weight excluding hydrogens is 439 g/mol. The number of imidazole rings is 1. The van der Waals surface area contributed by atoms with E-state index < -0.39 is 18.8 Å². The Kier molecular flexibility index (Phi) is 6.15. The van der Waals surface area contributed by atoms with E-state index in [0.717, 1.165) is 11.3 Å². The average Bonchev–Trinajstić information content (AvgIpc) is 3.22. The van der Waals surface area contributed by atoms with E-state index in [-0.39, 0.29) is 6.01 Å². The number of carbonyl (C=O) groups excluding carboxylic acids is 1. The van der Waals surface area contributed by atoms with Gasteiger partial charge in [0.25, 0.3) is 0 Å². The van der Waals surface area contributed by atoms with E-state index in [2.05, 4.69) is 25.4 Å². The van der Waals surface area contributed by atoms with E-state index >= 15 is 0 Å². The molecule has 0 radical (unpaired) electrons. The van der Waals surface area contributed by atoms with Gasteiger partial charge in [0.05, 0.1) is 18.1 Å². The van der Waals surface area contributed by atoms with E-state index in [1.807, 2.05) is 4.40 Å². The molecule has 0 spiro atoms. The molecule has 0 aliphatic carbocycles. The highest BCUT2D eigenvalue weighted by atomic mass is 19.4. The zero-order valence-corrected chi connectivity index (χ0v) is 16.8. The number of rotatable bonds is 6. The Bertz CT molecular complexity index is 1290. The molecule has 2 amide bonds. The minimum atomic E-state index is -4.49. The highest BCUT2D eigenvalue weighted by molar-refractivity contribution is 5.90. The molecule has 168 valence electrons. The zero-order valence-electron chi connectivity index (χ0n) is 16.8. The smallest absolute Gasteiger partial charge is 0.329 e. The Morgan fingerprint density at radius 1 is 1.12 bits per heavy atom. The van der Waals surface area contributed by atoms with Gasteiger partial charge < -0.3 is 15.5 Å². The molecule has 0 unspecified atom stereocenters. The fraction of sp³-hybridized carbons (Fsp3) is 0.0952. The molecule has 3 heterocycles. The molecule has 0 saturated heterocycles. The first kappa shape index (κ1) is 21.7. The van der Waals surface area contributed by atoms with Crippen LogP contribution in [-0.2, 0) is 0 Å². The van der Waals surface area contributed by atoms with Crippen LogP contribution in [0.1, 0.15) is 5.56 Å². The summed E-state index contributed by atoms with van der Waals surface area (Å²) in [6.07, 6.45) is 3.52. The molecule has 33 heavy (non-hydrogen) atoms. The number of carbonyl (C=O) groups is 1. The van der Waals surface area contributed by atoms with Gasteiger partial charge in [-0.2, -0.15) is 13.2 Å². The van der Waals surface area contributed by atoms with Gasteiger partial charge >= 0.3 is 18.2 Å². The number of alkyl halides is 3. The summed E-state index contributed by atoms with van der Waals surface area (Å²) in [5, 5.41) is 8.00. The van der Waals surface area contributed by atoms with Crippen molar-refractivity contribution in [3.63, 3.8) is 0 Å². The molecule has 2 N–H and O–H groups in total. The van der Waals surface area contributed by atoms with Crippen molar-refractivity contribution in [3.8, 4) is 17.3 Å². The predicted molar refractivity (Wildman–Crippen MR) is 114 cm³/mol. The number of anilines is 1. The summed E-state index contributed by atoms with van der Waals surface area (Å²) in [4.78, 5) is 29.0. The summed E-state index contributed by atoms with van der Waals surface area (Å²) in [5.41, 5.74) is 3.13. The fourth-order valence-corrected chi connectivity index (χ4v) is 2.87. The topological polar surface area (TPSA) is 106 Å². The Labute approximate surface area is 185 Å². The summed E-state index contributed by atoms with van der Waals surface area (Å²) < 4.78 is 38.6. The van der Waals surface area contributed by atoms with Crippen LogP contribution in [0.25, 0.3) is 16.9 Å². The molecule has 4 rings (SSSR count). The van der Waals surface area contributed by atoms with Gasteiger partial charge in [-0.15, -0.1) is 0 Å². The van der Waals surface area contributed by atoms with Crippen LogP contribution in [0.2, 0.25) is 0 Å². The Morgan fingerprint density at radius 2 is 1.94 bits per heavy atom. The van der Waals surface area contributed by atoms with Crippen molar-refractivity contribution >= 4 is 23.6 Å². The van der Waals surface area contributed by atoms with Crippen molar-refractivity contribution in [2.45, 2.75) is 6.18 Å². The van der Waals surface area contributed by atoms with Gasteiger partial charge in [0, 0.05) is 35.4 Å². The molecule has 0 aliphatic rings. The van der Waals surface area contributed by atoms with Crippen molar-refractivity contribution in [3.05, 3.63) is 72.8 Å². The standard InChI is InChI=1S/C21H16F3N7O2/c22-21(23,24)13-28-19(32)30-16-4-1-3-15(10-16)17-12-27-18-9-14(5-8-31(17)18)11-29-33-20-25-6-2-7-26-20/h1-12H,13H2,(H2,28,30,32). The highest BCUT2D eigenvalue weighted by Gasteiger charge is 2.27. The molecule has 0 bridgehead atoms. The summed E-state index contributed by atoms with van der Waals surface area (Å²) in [6, 6.07) is 11.1. The maximum Gasteiger partial charge on any atom is 0.405 e. The third kappa shape index (κ3) is 5.81. The molecule has 0 aliphatic heterocycles. The van der Waals surface area contributed by atoms with Crippen LogP contribution in [0.3, 0.4) is 0 Å².